The lowest BCUT2D eigenvalue weighted by Gasteiger charge is -2.27. The van der Waals surface area contributed by atoms with Gasteiger partial charge < -0.3 is 4.90 Å². The summed E-state index contributed by atoms with van der Waals surface area (Å²) >= 11 is 0. The Morgan fingerprint density at radius 1 is 1.35 bits per heavy atom. The molecule has 128 valence electrons. The zero-order chi connectivity index (χ0) is 17.2. The van der Waals surface area contributed by atoms with Gasteiger partial charge in [0, 0.05) is 19.6 Å². The molecule has 1 amide bonds. The number of nitrogens with two attached hydrogens (primary N) is 1. The minimum atomic E-state index is -3.72. The Kier molecular flexibility index (Phi) is 5.44. The van der Waals surface area contributed by atoms with Gasteiger partial charge in [0.2, 0.25) is 15.9 Å². The number of benzene rings is 1. The first kappa shape index (κ1) is 17.9. The van der Waals surface area contributed by atoms with Crippen molar-refractivity contribution in [3.63, 3.8) is 0 Å². The van der Waals surface area contributed by atoms with Gasteiger partial charge in [0.05, 0.1) is 11.4 Å². The zero-order valence-electron chi connectivity index (χ0n) is 13.9. The highest BCUT2D eigenvalue weighted by Crippen LogP contribution is 2.29. The first-order valence-electron chi connectivity index (χ1n) is 7.75. The van der Waals surface area contributed by atoms with E-state index in [0.29, 0.717) is 12.5 Å². The molecule has 23 heavy (non-hydrogen) atoms. The number of amides is 1. The van der Waals surface area contributed by atoms with E-state index in [1.54, 1.807) is 17.0 Å². The Morgan fingerprint density at radius 3 is 2.57 bits per heavy atom. The lowest BCUT2D eigenvalue weighted by molar-refractivity contribution is -0.131. The average Bonchev–Trinajstić information content (AvgIpc) is 3.29. The number of hydrogen-bond acceptors (Lipinski definition) is 4. The minimum Gasteiger partial charge on any atom is -0.344 e. The van der Waals surface area contributed by atoms with Gasteiger partial charge in [-0.1, -0.05) is 12.1 Å². The Labute approximate surface area is 138 Å². The van der Waals surface area contributed by atoms with Crippen LogP contribution in [0.5, 0.6) is 0 Å². The predicted molar refractivity (Wildman–Crippen MR) is 89.2 cm³/mol. The standard InChI is InChI=1S/C16H25N3O3S/c1-12(14-5-4-6-15(9-14)23(17,21)22)18(2)11-16(20)19(3)10-13-7-8-13/h4-6,9,12-13H,7-8,10-11H2,1-3H3,(H2,17,21,22)/t12-/m1/s1. The molecule has 0 unspecified atom stereocenters. The van der Waals surface area contributed by atoms with Gasteiger partial charge in [-0.2, -0.15) is 0 Å². The summed E-state index contributed by atoms with van der Waals surface area (Å²) in [7, 11) is -0.0289. The molecule has 2 N–H and O–H groups in total. The van der Waals surface area contributed by atoms with Crippen molar-refractivity contribution in [1.29, 1.82) is 0 Å². The molecule has 0 radical (unpaired) electrons. The molecule has 6 nitrogen and oxygen atoms in total. The Balaban J connectivity index is 2.01. The summed E-state index contributed by atoms with van der Waals surface area (Å²) < 4.78 is 22.9. The summed E-state index contributed by atoms with van der Waals surface area (Å²) in [6.45, 7) is 3.06. The van der Waals surface area contributed by atoms with Gasteiger partial charge in [0.25, 0.3) is 0 Å². The molecule has 2 rings (SSSR count). The summed E-state index contributed by atoms with van der Waals surface area (Å²) in [5, 5.41) is 5.17. The second-order valence-electron chi connectivity index (χ2n) is 6.43. The maximum absolute atomic E-state index is 12.2. The van der Waals surface area contributed by atoms with E-state index in [9.17, 15) is 13.2 Å². The lowest BCUT2D eigenvalue weighted by Crippen LogP contribution is -2.38. The number of hydrogen-bond donors (Lipinski definition) is 1. The monoisotopic (exact) mass is 339 g/mol. The first-order valence-corrected chi connectivity index (χ1v) is 9.30. The third-order valence-corrected chi connectivity index (χ3v) is 5.28. The minimum absolute atomic E-state index is 0.0776. The molecule has 1 aliphatic rings. The Morgan fingerprint density at radius 2 is 2.00 bits per heavy atom. The fourth-order valence-corrected chi connectivity index (χ4v) is 3.03. The topological polar surface area (TPSA) is 83.7 Å². The van der Waals surface area contributed by atoms with Crippen molar-refractivity contribution in [2.24, 2.45) is 11.1 Å². The predicted octanol–water partition coefficient (Wildman–Crippen LogP) is 1.20. The summed E-state index contributed by atoms with van der Waals surface area (Å²) in [5.41, 5.74) is 0.816. The van der Waals surface area contributed by atoms with Crippen LogP contribution in [0.4, 0.5) is 0 Å². The Hall–Kier alpha value is -1.44. The highest BCUT2D eigenvalue weighted by molar-refractivity contribution is 7.89. The number of sulfonamides is 1. The van der Waals surface area contributed by atoms with Crippen LogP contribution in [0.25, 0.3) is 0 Å². The molecule has 0 bridgehead atoms. The van der Waals surface area contributed by atoms with Crippen LogP contribution in [-0.4, -0.2) is 51.3 Å². The number of likely N-dealkylation sites (N-methyl/N-ethyl adjacent to an activating group) is 2. The van der Waals surface area contributed by atoms with Crippen LogP contribution < -0.4 is 5.14 Å². The number of carbonyl (C=O) groups excluding carboxylic acids is 1. The van der Waals surface area contributed by atoms with Gasteiger partial charge in [0.15, 0.2) is 0 Å². The van der Waals surface area contributed by atoms with E-state index in [1.165, 1.54) is 18.9 Å². The third kappa shape index (κ3) is 5.02. The van der Waals surface area contributed by atoms with Crippen molar-refractivity contribution < 1.29 is 13.2 Å². The summed E-state index contributed by atoms with van der Waals surface area (Å²) in [6, 6.07) is 6.46. The van der Waals surface area contributed by atoms with E-state index in [1.807, 2.05) is 32.0 Å². The zero-order valence-corrected chi connectivity index (χ0v) is 14.7. The number of nitrogens with zero attached hydrogens (tertiary/aromatic N) is 2. The number of rotatable bonds is 7. The second kappa shape index (κ2) is 6.98. The van der Waals surface area contributed by atoms with E-state index >= 15 is 0 Å². The van der Waals surface area contributed by atoms with Gasteiger partial charge >= 0.3 is 0 Å². The second-order valence-corrected chi connectivity index (χ2v) is 7.99. The molecular formula is C16H25N3O3S. The third-order valence-electron chi connectivity index (χ3n) is 4.37. The molecule has 1 fully saturated rings. The molecule has 0 aliphatic heterocycles. The quantitative estimate of drug-likeness (QED) is 0.809. The highest BCUT2D eigenvalue weighted by atomic mass is 32.2. The molecular weight excluding hydrogens is 314 g/mol. The van der Waals surface area contributed by atoms with Crippen molar-refractivity contribution in [2.75, 3.05) is 27.2 Å². The molecule has 7 heteroatoms. The van der Waals surface area contributed by atoms with Crippen LogP contribution in [-0.2, 0) is 14.8 Å². The summed E-state index contributed by atoms with van der Waals surface area (Å²) in [6.07, 6.45) is 2.43. The fraction of sp³-hybridized carbons (Fsp3) is 0.562. The van der Waals surface area contributed by atoms with E-state index in [0.717, 1.165) is 12.1 Å². The number of carbonyl (C=O) groups is 1. The van der Waals surface area contributed by atoms with Crippen molar-refractivity contribution in [3.05, 3.63) is 29.8 Å². The first-order chi connectivity index (χ1) is 10.7. The number of primary sulfonamides is 1. The van der Waals surface area contributed by atoms with Gasteiger partial charge in [-0.15, -0.1) is 0 Å². The van der Waals surface area contributed by atoms with Crippen molar-refractivity contribution in [1.82, 2.24) is 9.80 Å². The maximum atomic E-state index is 12.2. The molecule has 0 saturated heterocycles. The molecule has 0 spiro atoms. The van der Waals surface area contributed by atoms with Crippen LogP contribution in [0.3, 0.4) is 0 Å². The molecule has 1 aromatic rings. The van der Waals surface area contributed by atoms with Crippen molar-refractivity contribution in [2.45, 2.75) is 30.7 Å². The van der Waals surface area contributed by atoms with Crippen LogP contribution >= 0.6 is 0 Å². The molecule has 0 heterocycles. The molecule has 0 aromatic heterocycles. The van der Waals surface area contributed by atoms with Crippen LogP contribution in [0.1, 0.15) is 31.4 Å². The van der Waals surface area contributed by atoms with Crippen molar-refractivity contribution >= 4 is 15.9 Å². The van der Waals surface area contributed by atoms with Crippen molar-refractivity contribution in [3.8, 4) is 0 Å². The van der Waals surface area contributed by atoms with E-state index in [-0.39, 0.29) is 16.8 Å². The normalized spacial score (nSPS) is 16.4. The molecule has 1 aliphatic carbocycles. The highest BCUT2D eigenvalue weighted by Gasteiger charge is 2.26. The van der Waals surface area contributed by atoms with Crippen LogP contribution in [0, 0.1) is 5.92 Å². The van der Waals surface area contributed by atoms with Gasteiger partial charge in [-0.25, -0.2) is 13.6 Å². The van der Waals surface area contributed by atoms with E-state index in [4.69, 9.17) is 5.14 Å². The van der Waals surface area contributed by atoms with Crippen LogP contribution in [0.2, 0.25) is 0 Å². The van der Waals surface area contributed by atoms with E-state index in [2.05, 4.69) is 0 Å². The molecule has 1 atom stereocenters. The molecule has 1 aromatic carbocycles. The summed E-state index contributed by atoms with van der Waals surface area (Å²) in [4.78, 5) is 16.0. The van der Waals surface area contributed by atoms with Crippen LogP contribution in [0.15, 0.2) is 29.2 Å². The average molecular weight is 339 g/mol. The maximum Gasteiger partial charge on any atom is 0.238 e. The lowest BCUT2D eigenvalue weighted by atomic mass is 10.1. The molecule has 1 saturated carbocycles. The van der Waals surface area contributed by atoms with E-state index < -0.39 is 10.0 Å². The van der Waals surface area contributed by atoms with Gasteiger partial charge in [-0.3, -0.25) is 9.69 Å². The van der Waals surface area contributed by atoms with Gasteiger partial charge in [0.1, 0.15) is 0 Å². The Bertz CT molecular complexity index is 671. The summed E-state index contributed by atoms with van der Waals surface area (Å²) in [5.74, 6) is 0.743. The SMILES string of the molecule is C[C@H](c1cccc(S(N)(=O)=O)c1)N(C)CC(=O)N(C)CC1CC1. The fourth-order valence-electron chi connectivity index (χ4n) is 2.47. The smallest absolute Gasteiger partial charge is 0.238 e. The van der Waals surface area contributed by atoms with Gasteiger partial charge in [-0.05, 0) is 50.4 Å². The largest absolute Gasteiger partial charge is 0.344 e.